The number of ether oxygens (including phenoxy) is 2. The lowest BCUT2D eigenvalue weighted by Gasteiger charge is -2.29. The van der Waals surface area contributed by atoms with Crippen LogP contribution < -0.4 is 0 Å². The predicted octanol–water partition coefficient (Wildman–Crippen LogP) is 0.707. The highest BCUT2D eigenvalue weighted by Crippen LogP contribution is 2.35. The molecule has 1 aliphatic carbocycles. The normalized spacial score (nSPS) is 25.4. The van der Waals surface area contributed by atoms with E-state index in [0.717, 1.165) is 24.8 Å². The first-order valence-corrected chi connectivity index (χ1v) is 5.21. The molecule has 1 spiro atoms. The summed E-state index contributed by atoms with van der Waals surface area (Å²) < 4.78 is 11.1. The van der Waals surface area contributed by atoms with Crippen LogP contribution in [-0.4, -0.2) is 35.5 Å². The number of hydrogen-bond acceptors (Lipinski definition) is 4. The van der Waals surface area contributed by atoms with Gasteiger partial charge in [0.05, 0.1) is 13.2 Å². The van der Waals surface area contributed by atoms with Gasteiger partial charge in [0.2, 0.25) is 0 Å². The van der Waals surface area contributed by atoms with Gasteiger partial charge in [-0.15, -0.1) is 0 Å². The number of allylic oxidation sites excluding steroid dienone is 2. The van der Waals surface area contributed by atoms with Crippen molar-refractivity contribution in [1.29, 1.82) is 0 Å². The van der Waals surface area contributed by atoms with Gasteiger partial charge in [-0.1, -0.05) is 17.7 Å². The Morgan fingerprint density at radius 3 is 2.60 bits per heavy atom. The van der Waals surface area contributed by atoms with E-state index in [2.05, 4.69) is 0 Å². The molecule has 1 fully saturated rings. The molecule has 0 radical (unpaired) electrons. The Bertz CT molecular complexity index is 274. The van der Waals surface area contributed by atoms with Crippen LogP contribution in [0.4, 0.5) is 0 Å². The monoisotopic (exact) mass is 212 g/mol. The standard InChI is InChI=1S/C11H16O4/c12-10(13)2-1-9-3-5-11(6-4-9)14-7-8-15-11/h1-3,10,12-13H,4-8H2. The van der Waals surface area contributed by atoms with Gasteiger partial charge in [-0.25, -0.2) is 0 Å². The molecule has 2 rings (SSSR count). The molecule has 0 aromatic carbocycles. The molecule has 0 saturated carbocycles. The Balaban J connectivity index is 1.94. The number of aliphatic hydroxyl groups is 2. The zero-order valence-electron chi connectivity index (χ0n) is 8.56. The molecule has 2 aliphatic rings. The Kier molecular flexibility index (Phi) is 3.21. The van der Waals surface area contributed by atoms with Gasteiger partial charge in [0.1, 0.15) is 0 Å². The molecular weight excluding hydrogens is 196 g/mol. The van der Waals surface area contributed by atoms with E-state index in [1.165, 1.54) is 6.08 Å². The van der Waals surface area contributed by atoms with Gasteiger partial charge in [0, 0.05) is 12.8 Å². The third-order valence-electron chi connectivity index (χ3n) is 2.77. The molecule has 0 atom stereocenters. The summed E-state index contributed by atoms with van der Waals surface area (Å²) >= 11 is 0. The van der Waals surface area contributed by atoms with Crippen molar-refractivity contribution in [3.8, 4) is 0 Å². The lowest BCUT2D eigenvalue weighted by atomic mass is 9.94. The van der Waals surface area contributed by atoms with Crippen LogP contribution in [0.25, 0.3) is 0 Å². The summed E-state index contributed by atoms with van der Waals surface area (Å²) in [5.41, 5.74) is 1.10. The van der Waals surface area contributed by atoms with Gasteiger partial charge in [-0.3, -0.25) is 0 Å². The van der Waals surface area contributed by atoms with E-state index < -0.39 is 12.1 Å². The maximum atomic E-state index is 8.68. The molecule has 84 valence electrons. The summed E-state index contributed by atoms with van der Waals surface area (Å²) in [6.07, 6.45) is 6.20. The minimum Gasteiger partial charge on any atom is -0.365 e. The van der Waals surface area contributed by atoms with Crippen LogP contribution in [0.3, 0.4) is 0 Å². The number of hydrogen-bond donors (Lipinski definition) is 2. The zero-order valence-corrected chi connectivity index (χ0v) is 8.56. The quantitative estimate of drug-likeness (QED) is 0.662. The fourth-order valence-corrected chi connectivity index (χ4v) is 1.95. The first kappa shape index (κ1) is 10.8. The van der Waals surface area contributed by atoms with Crippen LogP contribution in [0.2, 0.25) is 0 Å². The van der Waals surface area contributed by atoms with Crippen molar-refractivity contribution >= 4 is 0 Å². The number of rotatable bonds is 2. The molecule has 1 heterocycles. The molecule has 0 aromatic rings. The summed E-state index contributed by atoms with van der Waals surface area (Å²) in [6, 6.07) is 0. The topological polar surface area (TPSA) is 58.9 Å². The Morgan fingerprint density at radius 2 is 2.07 bits per heavy atom. The first-order chi connectivity index (χ1) is 7.20. The molecule has 0 bridgehead atoms. The highest BCUT2D eigenvalue weighted by molar-refractivity contribution is 5.22. The van der Waals surface area contributed by atoms with E-state index in [4.69, 9.17) is 19.7 Å². The molecule has 4 nitrogen and oxygen atoms in total. The van der Waals surface area contributed by atoms with Crippen molar-refractivity contribution in [3.63, 3.8) is 0 Å². The Morgan fingerprint density at radius 1 is 1.33 bits per heavy atom. The minimum atomic E-state index is -1.37. The zero-order chi connectivity index (χ0) is 10.7. The van der Waals surface area contributed by atoms with Gasteiger partial charge < -0.3 is 19.7 Å². The molecule has 0 aromatic heterocycles. The van der Waals surface area contributed by atoms with Gasteiger partial charge in [-0.2, -0.15) is 0 Å². The van der Waals surface area contributed by atoms with Crippen LogP contribution in [0.15, 0.2) is 23.8 Å². The van der Waals surface area contributed by atoms with Crippen molar-refractivity contribution < 1.29 is 19.7 Å². The second-order valence-corrected chi connectivity index (χ2v) is 3.86. The summed E-state index contributed by atoms with van der Waals surface area (Å²) in [7, 11) is 0. The van der Waals surface area contributed by atoms with E-state index in [-0.39, 0.29) is 0 Å². The van der Waals surface area contributed by atoms with Crippen molar-refractivity contribution in [2.45, 2.75) is 31.3 Å². The Labute approximate surface area is 88.8 Å². The fraction of sp³-hybridized carbons (Fsp3) is 0.636. The van der Waals surface area contributed by atoms with Crippen molar-refractivity contribution in [2.75, 3.05) is 13.2 Å². The summed E-state index contributed by atoms with van der Waals surface area (Å²) in [6.45, 7) is 1.35. The van der Waals surface area contributed by atoms with Crippen LogP contribution in [0.5, 0.6) is 0 Å². The van der Waals surface area contributed by atoms with Gasteiger partial charge in [0.15, 0.2) is 12.1 Å². The van der Waals surface area contributed by atoms with E-state index in [1.54, 1.807) is 6.08 Å². The second-order valence-electron chi connectivity index (χ2n) is 3.86. The van der Waals surface area contributed by atoms with E-state index in [1.807, 2.05) is 6.08 Å². The summed E-state index contributed by atoms with van der Waals surface area (Å²) in [5, 5.41) is 17.4. The average molecular weight is 212 g/mol. The average Bonchev–Trinajstić information content (AvgIpc) is 2.66. The van der Waals surface area contributed by atoms with E-state index in [9.17, 15) is 0 Å². The molecule has 4 heteroatoms. The maximum absolute atomic E-state index is 8.68. The van der Waals surface area contributed by atoms with Crippen molar-refractivity contribution in [3.05, 3.63) is 23.8 Å². The number of aliphatic hydroxyl groups excluding tert-OH is 1. The largest absolute Gasteiger partial charge is 0.365 e. The van der Waals surface area contributed by atoms with Crippen LogP contribution in [-0.2, 0) is 9.47 Å². The van der Waals surface area contributed by atoms with Crippen LogP contribution in [0, 0.1) is 0 Å². The lowest BCUT2D eigenvalue weighted by Crippen LogP contribution is -2.31. The highest BCUT2D eigenvalue weighted by atomic mass is 16.7. The van der Waals surface area contributed by atoms with E-state index >= 15 is 0 Å². The van der Waals surface area contributed by atoms with E-state index in [0.29, 0.717) is 13.2 Å². The predicted molar refractivity (Wildman–Crippen MR) is 53.9 cm³/mol. The molecular formula is C11H16O4. The van der Waals surface area contributed by atoms with Crippen LogP contribution >= 0.6 is 0 Å². The summed E-state index contributed by atoms with van der Waals surface area (Å²) in [4.78, 5) is 0. The first-order valence-electron chi connectivity index (χ1n) is 5.21. The molecule has 15 heavy (non-hydrogen) atoms. The molecule has 2 N–H and O–H groups in total. The lowest BCUT2D eigenvalue weighted by molar-refractivity contribution is -0.161. The summed E-state index contributed by atoms with van der Waals surface area (Å²) in [5.74, 6) is -0.394. The molecule has 0 amide bonds. The Hall–Kier alpha value is -0.680. The molecule has 1 aliphatic heterocycles. The fourth-order valence-electron chi connectivity index (χ4n) is 1.95. The van der Waals surface area contributed by atoms with Gasteiger partial charge in [0.25, 0.3) is 0 Å². The van der Waals surface area contributed by atoms with Gasteiger partial charge in [-0.05, 0) is 12.5 Å². The highest BCUT2D eigenvalue weighted by Gasteiger charge is 2.37. The third-order valence-corrected chi connectivity index (χ3v) is 2.77. The van der Waals surface area contributed by atoms with Gasteiger partial charge >= 0.3 is 0 Å². The third kappa shape index (κ3) is 2.66. The second kappa shape index (κ2) is 4.45. The minimum absolute atomic E-state index is 0.394. The molecule has 0 unspecified atom stereocenters. The smallest absolute Gasteiger partial charge is 0.172 e. The van der Waals surface area contributed by atoms with Crippen molar-refractivity contribution in [1.82, 2.24) is 0 Å². The SMILES string of the molecule is OC(O)C=CC1=CCC2(CC1)OCCO2. The maximum Gasteiger partial charge on any atom is 0.172 e. The molecule has 1 saturated heterocycles. The van der Waals surface area contributed by atoms with Crippen molar-refractivity contribution in [2.24, 2.45) is 0 Å². The van der Waals surface area contributed by atoms with Crippen LogP contribution in [0.1, 0.15) is 19.3 Å².